The van der Waals surface area contributed by atoms with Gasteiger partial charge in [-0.15, -0.1) is 0 Å². The molecular formula is C10H18N2. The number of nitrogens with zero attached hydrogens (tertiary/aromatic N) is 2. The molecule has 0 aliphatic rings. The smallest absolute Gasteiger partial charge is 0.127 e. The summed E-state index contributed by atoms with van der Waals surface area (Å²) in [6.45, 7) is 11.7. The number of hydrogen-bond donors (Lipinski definition) is 0. The number of rotatable bonds is 5. The van der Waals surface area contributed by atoms with Crippen molar-refractivity contribution in [1.29, 1.82) is 0 Å². The molecule has 0 aliphatic heterocycles. The van der Waals surface area contributed by atoms with Crippen LogP contribution in [0.4, 0.5) is 0 Å². The summed E-state index contributed by atoms with van der Waals surface area (Å²) in [6.07, 6.45) is 5.93. The molecule has 0 aliphatic carbocycles. The van der Waals surface area contributed by atoms with Crippen LogP contribution >= 0.6 is 0 Å². The summed E-state index contributed by atoms with van der Waals surface area (Å²) >= 11 is 0. The van der Waals surface area contributed by atoms with Gasteiger partial charge in [0.1, 0.15) is 5.82 Å². The molecule has 0 fully saturated rings. The van der Waals surface area contributed by atoms with Crippen LogP contribution in [0.1, 0.15) is 20.8 Å². The molecule has 0 rings (SSSR count). The Bertz CT molecular complexity index is 176. The van der Waals surface area contributed by atoms with Crippen LogP contribution in [-0.4, -0.2) is 24.7 Å². The summed E-state index contributed by atoms with van der Waals surface area (Å²) in [5.41, 5.74) is 0. The zero-order chi connectivity index (χ0) is 9.40. The Kier molecular flexibility index (Phi) is 6.07. The Hall–Kier alpha value is -1.05. The summed E-state index contributed by atoms with van der Waals surface area (Å²) in [4.78, 5) is 6.11. The Morgan fingerprint density at radius 1 is 1.42 bits per heavy atom. The second kappa shape index (κ2) is 6.65. The maximum atomic E-state index is 3.95. The van der Waals surface area contributed by atoms with E-state index < -0.39 is 0 Å². The van der Waals surface area contributed by atoms with Crippen LogP contribution in [0.2, 0.25) is 0 Å². The van der Waals surface area contributed by atoms with Crippen LogP contribution in [0.15, 0.2) is 29.0 Å². The van der Waals surface area contributed by atoms with E-state index in [-0.39, 0.29) is 0 Å². The molecule has 0 bridgehead atoms. The first-order valence-corrected chi connectivity index (χ1v) is 4.34. The summed E-state index contributed by atoms with van der Waals surface area (Å²) in [5, 5.41) is 0. The van der Waals surface area contributed by atoms with Crippen molar-refractivity contribution in [3.8, 4) is 0 Å². The molecule has 0 heterocycles. The van der Waals surface area contributed by atoms with Gasteiger partial charge in [0.2, 0.25) is 0 Å². The first-order chi connectivity index (χ1) is 5.79. The minimum Gasteiger partial charge on any atom is -0.357 e. The molecule has 0 aromatic heterocycles. The van der Waals surface area contributed by atoms with E-state index >= 15 is 0 Å². The van der Waals surface area contributed by atoms with Gasteiger partial charge in [-0.3, -0.25) is 0 Å². The average Bonchev–Trinajstić information content (AvgIpc) is 2.12. The molecule has 12 heavy (non-hydrogen) atoms. The van der Waals surface area contributed by atoms with Gasteiger partial charge in [0.15, 0.2) is 0 Å². The SMILES string of the molecule is C=N/C(=C\C=C/C)N(CC)CC. The van der Waals surface area contributed by atoms with Crippen molar-refractivity contribution in [2.24, 2.45) is 4.99 Å². The summed E-state index contributed by atoms with van der Waals surface area (Å²) < 4.78 is 0. The zero-order valence-corrected chi connectivity index (χ0v) is 8.25. The van der Waals surface area contributed by atoms with Gasteiger partial charge in [-0.2, -0.15) is 0 Å². The second-order valence-corrected chi connectivity index (χ2v) is 2.38. The molecule has 0 atom stereocenters. The van der Waals surface area contributed by atoms with Gasteiger partial charge < -0.3 is 4.90 Å². The molecule has 2 heteroatoms. The van der Waals surface area contributed by atoms with Crippen LogP contribution < -0.4 is 0 Å². The quantitative estimate of drug-likeness (QED) is 0.452. The molecule has 0 saturated carbocycles. The van der Waals surface area contributed by atoms with Gasteiger partial charge in [0.05, 0.1) is 0 Å². The average molecular weight is 166 g/mol. The van der Waals surface area contributed by atoms with E-state index in [1.165, 1.54) is 0 Å². The molecule has 0 saturated heterocycles. The van der Waals surface area contributed by atoms with E-state index in [1.807, 2.05) is 25.2 Å². The normalized spacial score (nSPS) is 12.1. The molecule has 0 aromatic carbocycles. The Morgan fingerprint density at radius 3 is 2.33 bits per heavy atom. The van der Waals surface area contributed by atoms with E-state index in [0.717, 1.165) is 18.9 Å². The van der Waals surface area contributed by atoms with Crippen molar-refractivity contribution in [3.05, 3.63) is 24.0 Å². The molecule has 0 spiro atoms. The number of aliphatic imine (C=N–C) groups is 1. The van der Waals surface area contributed by atoms with Crippen molar-refractivity contribution in [1.82, 2.24) is 4.90 Å². The topological polar surface area (TPSA) is 15.6 Å². The molecule has 2 nitrogen and oxygen atoms in total. The summed E-state index contributed by atoms with van der Waals surface area (Å²) in [7, 11) is 0. The number of allylic oxidation sites excluding steroid dienone is 3. The van der Waals surface area contributed by atoms with E-state index in [0.29, 0.717) is 0 Å². The minimum absolute atomic E-state index is 0.943. The van der Waals surface area contributed by atoms with Crippen molar-refractivity contribution < 1.29 is 0 Å². The lowest BCUT2D eigenvalue weighted by Crippen LogP contribution is -2.20. The summed E-state index contributed by atoms with van der Waals surface area (Å²) in [6, 6.07) is 0. The molecule has 68 valence electrons. The van der Waals surface area contributed by atoms with Gasteiger partial charge in [-0.05, 0) is 33.6 Å². The molecule has 0 N–H and O–H groups in total. The zero-order valence-electron chi connectivity index (χ0n) is 8.25. The third-order valence-corrected chi connectivity index (χ3v) is 1.69. The lowest BCUT2D eigenvalue weighted by Gasteiger charge is -2.20. The Balaban J connectivity index is 4.39. The van der Waals surface area contributed by atoms with Gasteiger partial charge in [0, 0.05) is 13.1 Å². The van der Waals surface area contributed by atoms with Crippen molar-refractivity contribution in [3.63, 3.8) is 0 Å². The fourth-order valence-corrected chi connectivity index (χ4v) is 0.988. The van der Waals surface area contributed by atoms with Gasteiger partial charge in [-0.1, -0.05) is 12.2 Å². The standard InChI is InChI=1S/C10H18N2/c1-5-8-9-10(11-4)12(6-2)7-3/h5,8-9H,4,6-7H2,1-3H3/b8-5-,10-9+. The van der Waals surface area contributed by atoms with Crippen molar-refractivity contribution >= 4 is 6.72 Å². The third kappa shape index (κ3) is 3.37. The van der Waals surface area contributed by atoms with Gasteiger partial charge in [0.25, 0.3) is 0 Å². The van der Waals surface area contributed by atoms with Crippen LogP contribution in [0.5, 0.6) is 0 Å². The largest absolute Gasteiger partial charge is 0.357 e. The molecule has 0 unspecified atom stereocenters. The Morgan fingerprint density at radius 2 is 2.00 bits per heavy atom. The molecule has 0 amide bonds. The molecular weight excluding hydrogens is 148 g/mol. The first-order valence-electron chi connectivity index (χ1n) is 4.34. The highest BCUT2D eigenvalue weighted by Gasteiger charge is 1.99. The lowest BCUT2D eigenvalue weighted by atomic mass is 10.4. The molecule has 0 aromatic rings. The van der Waals surface area contributed by atoms with Crippen LogP contribution in [-0.2, 0) is 0 Å². The monoisotopic (exact) mass is 166 g/mol. The van der Waals surface area contributed by atoms with Crippen LogP contribution in [0.3, 0.4) is 0 Å². The fraction of sp³-hybridized carbons (Fsp3) is 0.500. The highest BCUT2D eigenvalue weighted by Crippen LogP contribution is 2.04. The summed E-state index contributed by atoms with van der Waals surface area (Å²) in [5.74, 6) is 0.943. The van der Waals surface area contributed by atoms with Gasteiger partial charge >= 0.3 is 0 Å². The van der Waals surface area contributed by atoms with Crippen LogP contribution in [0.25, 0.3) is 0 Å². The van der Waals surface area contributed by atoms with Crippen LogP contribution in [0, 0.1) is 0 Å². The maximum Gasteiger partial charge on any atom is 0.127 e. The predicted molar refractivity (Wildman–Crippen MR) is 55.4 cm³/mol. The highest BCUT2D eigenvalue weighted by atomic mass is 15.2. The van der Waals surface area contributed by atoms with Crippen molar-refractivity contribution in [2.45, 2.75) is 20.8 Å². The maximum absolute atomic E-state index is 3.95. The lowest BCUT2D eigenvalue weighted by molar-refractivity contribution is 0.380. The minimum atomic E-state index is 0.943. The first kappa shape index (κ1) is 11.0. The fourth-order valence-electron chi connectivity index (χ4n) is 0.988. The number of hydrogen-bond acceptors (Lipinski definition) is 2. The molecule has 0 radical (unpaired) electrons. The second-order valence-electron chi connectivity index (χ2n) is 2.38. The van der Waals surface area contributed by atoms with E-state index in [1.54, 1.807) is 0 Å². The van der Waals surface area contributed by atoms with Crippen molar-refractivity contribution in [2.75, 3.05) is 13.1 Å². The van der Waals surface area contributed by atoms with Gasteiger partial charge in [-0.25, -0.2) is 4.99 Å². The highest BCUT2D eigenvalue weighted by molar-refractivity contribution is 5.29. The van der Waals surface area contributed by atoms with E-state index in [9.17, 15) is 0 Å². The van der Waals surface area contributed by atoms with E-state index in [2.05, 4.69) is 30.5 Å². The third-order valence-electron chi connectivity index (χ3n) is 1.69. The Labute approximate surface area is 75.3 Å². The van der Waals surface area contributed by atoms with E-state index in [4.69, 9.17) is 0 Å². The predicted octanol–water partition coefficient (Wildman–Crippen LogP) is 2.45.